The summed E-state index contributed by atoms with van der Waals surface area (Å²) in [5.41, 5.74) is 10.3. The van der Waals surface area contributed by atoms with Crippen LogP contribution in [0.5, 0.6) is 0 Å². The number of hydrogen-bond acceptors (Lipinski definition) is 3. The van der Waals surface area contributed by atoms with Crippen LogP contribution < -0.4 is 5.32 Å². The Morgan fingerprint density at radius 3 is 2.49 bits per heavy atom. The second kappa shape index (κ2) is 13.0. The van der Waals surface area contributed by atoms with Crippen molar-refractivity contribution >= 4 is 22.9 Å². The summed E-state index contributed by atoms with van der Waals surface area (Å²) < 4.78 is 2.41. The fourth-order valence-electron chi connectivity index (χ4n) is 9.06. The van der Waals surface area contributed by atoms with E-state index in [9.17, 15) is 9.59 Å². The molecule has 2 aliphatic carbocycles. The Bertz CT molecular complexity index is 2030. The lowest BCUT2D eigenvalue weighted by molar-refractivity contribution is -0.136. The first-order valence-electron chi connectivity index (χ1n) is 17.9. The third kappa shape index (κ3) is 6.18. The van der Waals surface area contributed by atoms with Crippen LogP contribution in [0.4, 0.5) is 0 Å². The third-order valence-corrected chi connectivity index (χ3v) is 11.6. The van der Waals surface area contributed by atoms with Crippen LogP contribution >= 0.6 is 0 Å². The van der Waals surface area contributed by atoms with E-state index in [1.165, 1.54) is 30.4 Å². The van der Waals surface area contributed by atoms with Gasteiger partial charge in [0.25, 0.3) is 5.91 Å². The second-order valence-electron chi connectivity index (χ2n) is 15.2. The molecule has 0 saturated heterocycles. The number of carboxylic acids is 1. The van der Waals surface area contributed by atoms with E-state index in [0.717, 1.165) is 52.9 Å². The standard InChI is InChI=1S/C43H47N3O3/c1-28(2)30-14-17-35-32(24-30)16-19-38-42(3,21-9-22-43(35,38)4)27-46-37-18-15-31(29-10-6-5-7-11-29)26-36(37)45-40(46)33-12-8-13-34(25-33)41(49)44-23-20-39(47)48/h5-8,10-15,17-18,24-26,28,38H,9,16,19-23,27H2,1-4H3,(H,44,49)(H,47,48)/t38-,42-,43+/m0/s1. The fourth-order valence-corrected chi connectivity index (χ4v) is 9.06. The minimum atomic E-state index is -0.938. The molecule has 1 heterocycles. The van der Waals surface area contributed by atoms with Gasteiger partial charge >= 0.3 is 5.97 Å². The first kappa shape index (κ1) is 32.8. The molecule has 2 N–H and O–H groups in total. The molecule has 0 spiro atoms. The summed E-state index contributed by atoms with van der Waals surface area (Å²) in [6.07, 6.45) is 5.71. The Morgan fingerprint density at radius 2 is 1.71 bits per heavy atom. The zero-order valence-electron chi connectivity index (χ0n) is 29.1. The normalized spacial score (nSPS) is 21.7. The molecule has 5 aromatic rings. The first-order chi connectivity index (χ1) is 23.6. The number of aliphatic carboxylic acids is 1. The van der Waals surface area contributed by atoms with Gasteiger partial charge in [-0.1, -0.05) is 101 Å². The number of rotatable bonds is 9. The Balaban J connectivity index is 1.30. The van der Waals surface area contributed by atoms with Crippen molar-refractivity contribution in [3.8, 4) is 22.5 Å². The van der Waals surface area contributed by atoms with E-state index in [1.54, 1.807) is 11.6 Å². The molecule has 1 fully saturated rings. The lowest BCUT2D eigenvalue weighted by Gasteiger charge is -2.56. The van der Waals surface area contributed by atoms with Crippen LogP contribution in [0.2, 0.25) is 0 Å². The smallest absolute Gasteiger partial charge is 0.305 e. The van der Waals surface area contributed by atoms with E-state index in [2.05, 4.69) is 98.2 Å². The largest absolute Gasteiger partial charge is 0.481 e. The highest BCUT2D eigenvalue weighted by molar-refractivity contribution is 5.95. The molecule has 49 heavy (non-hydrogen) atoms. The van der Waals surface area contributed by atoms with E-state index >= 15 is 0 Å². The van der Waals surface area contributed by atoms with Gasteiger partial charge in [-0.25, -0.2) is 4.98 Å². The van der Waals surface area contributed by atoms with Gasteiger partial charge in [-0.2, -0.15) is 0 Å². The highest BCUT2D eigenvalue weighted by atomic mass is 16.4. The van der Waals surface area contributed by atoms with E-state index in [4.69, 9.17) is 10.1 Å². The highest BCUT2D eigenvalue weighted by Crippen LogP contribution is 2.58. The van der Waals surface area contributed by atoms with E-state index in [-0.39, 0.29) is 29.7 Å². The summed E-state index contributed by atoms with van der Waals surface area (Å²) in [4.78, 5) is 29.4. The first-order valence-corrected chi connectivity index (χ1v) is 17.9. The molecule has 6 heteroatoms. The van der Waals surface area contributed by atoms with Crippen LogP contribution in [-0.2, 0) is 23.2 Å². The Labute approximate surface area is 289 Å². The average Bonchev–Trinajstić information content (AvgIpc) is 3.45. The quantitative estimate of drug-likeness (QED) is 0.166. The van der Waals surface area contributed by atoms with Gasteiger partial charge in [-0.3, -0.25) is 9.59 Å². The van der Waals surface area contributed by atoms with Gasteiger partial charge in [0.1, 0.15) is 5.82 Å². The van der Waals surface area contributed by atoms with Gasteiger partial charge in [-0.05, 0) is 100 Å². The number of nitrogens with zero attached hydrogens (tertiary/aromatic N) is 2. The topological polar surface area (TPSA) is 84.2 Å². The molecule has 0 bridgehead atoms. The molecular weight excluding hydrogens is 606 g/mol. The number of aryl methyl sites for hydroxylation is 1. The Hall–Kier alpha value is -4.71. The minimum absolute atomic E-state index is 0.0354. The SMILES string of the molecule is CC(C)c1ccc2c(c1)CC[C@H]1[C@](C)(Cn3c(-c4cccc(C(=O)NCCC(=O)O)c4)nc4cc(-c5ccccc5)ccc43)CCC[C@]21C. The molecule has 1 amide bonds. The van der Waals surface area contributed by atoms with Gasteiger partial charge in [0.15, 0.2) is 0 Å². The van der Waals surface area contributed by atoms with Crippen molar-refractivity contribution < 1.29 is 14.7 Å². The fraction of sp³-hybridized carbons (Fsp3) is 0.372. The monoisotopic (exact) mass is 653 g/mol. The zero-order valence-corrected chi connectivity index (χ0v) is 29.1. The van der Waals surface area contributed by atoms with Crippen molar-refractivity contribution in [3.05, 3.63) is 113 Å². The van der Waals surface area contributed by atoms with Crippen LogP contribution in [0.15, 0.2) is 91.0 Å². The molecule has 4 aromatic carbocycles. The summed E-state index contributed by atoms with van der Waals surface area (Å²) >= 11 is 0. The molecule has 2 aliphatic rings. The van der Waals surface area contributed by atoms with Crippen molar-refractivity contribution in [2.24, 2.45) is 11.3 Å². The number of carbonyl (C=O) groups excluding carboxylic acids is 1. The molecule has 1 saturated carbocycles. The minimum Gasteiger partial charge on any atom is -0.481 e. The van der Waals surface area contributed by atoms with Crippen molar-refractivity contribution in [2.45, 2.75) is 84.1 Å². The van der Waals surface area contributed by atoms with Crippen molar-refractivity contribution in [1.29, 1.82) is 0 Å². The number of carbonyl (C=O) groups is 2. The highest BCUT2D eigenvalue weighted by Gasteiger charge is 2.52. The molecule has 252 valence electrons. The Kier molecular flexibility index (Phi) is 8.68. The van der Waals surface area contributed by atoms with E-state index in [0.29, 0.717) is 17.4 Å². The maximum atomic E-state index is 13.1. The summed E-state index contributed by atoms with van der Waals surface area (Å²) in [5, 5.41) is 11.8. The lowest BCUT2D eigenvalue weighted by atomic mass is 9.49. The average molecular weight is 654 g/mol. The number of fused-ring (bicyclic) bond motifs is 4. The van der Waals surface area contributed by atoms with Gasteiger partial charge in [-0.15, -0.1) is 0 Å². The summed E-state index contributed by atoms with van der Waals surface area (Å²) in [5.74, 6) is 0.676. The predicted molar refractivity (Wildman–Crippen MR) is 197 cm³/mol. The molecule has 0 aliphatic heterocycles. The predicted octanol–water partition coefficient (Wildman–Crippen LogP) is 9.41. The van der Waals surface area contributed by atoms with E-state index in [1.807, 2.05) is 24.3 Å². The maximum Gasteiger partial charge on any atom is 0.305 e. The van der Waals surface area contributed by atoms with Gasteiger partial charge < -0.3 is 15.0 Å². The number of nitrogens with one attached hydrogen (secondary N) is 1. The number of benzene rings is 4. The molecule has 0 unspecified atom stereocenters. The van der Waals surface area contributed by atoms with Gasteiger partial charge in [0, 0.05) is 24.2 Å². The van der Waals surface area contributed by atoms with Crippen molar-refractivity contribution in [1.82, 2.24) is 14.9 Å². The van der Waals surface area contributed by atoms with Gasteiger partial charge in [0.05, 0.1) is 17.5 Å². The molecule has 0 radical (unpaired) electrons. The number of amides is 1. The van der Waals surface area contributed by atoms with Crippen molar-refractivity contribution in [3.63, 3.8) is 0 Å². The van der Waals surface area contributed by atoms with Crippen LogP contribution in [-0.4, -0.2) is 33.1 Å². The zero-order chi connectivity index (χ0) is 34.3. The summed E-state index contributed by atoms with van der Waals surface area (Å²) in [7, 11) is 0. The maximum absolute atomic E-state index is 13.1. The third-order valence-electron chi connectivity index (χ3n) is 11.6. The second-order valence-corrected chi connectivity index (χ2v) is 15.2. The van der Waals surface area contributed by atoms with Gasteiger partial charge in [0.2, 0.25) is 0 Å². The van der Waals surface area contributed by atoms with Crippen LogP contribution in [0.3, 0.4) is 0 Å². The molecule has 1 aromatic heterocycles. The summed E-state index contributed by atoms with van der Waals surface area (Å²) in [6, 6.07) is 31.9. The molecule has 7 rings (SSSR count). The number of carboxylic acid groups (broad SMARTS) is 1. The lowest BCUT2D eigenvalue weighted by Crippen LogP contribution is -2.50. The molecule has 6 nitrogen and oxygen atoms in total. The van der Waals surface area contributed by atoms with Crippen LogP contribution in [0, 0.1) is 11.3 Å². The number of hydrogen-bond donors (Lipinski definition) is 2. The van der Waals surface area contributed by atoms with Crippen LogP contribution in [0.25, 0.3) is 33.5 Å². The number of imidazole rings is 1. The Morgan fingerprint density at radius 1 is 0.918 bits per heavy atom. The van der Waals surface area contributed by atoms with Crippen molar-refractivity contribution in [2.75, 3.05) is 6.54 Å². The van der Waals surface area contributed by atoms with Crippen LogP contribution in [0.1, 0.15) is 92.8 Å². The van der Waals surface area contributed by atoms with E-state index < -0.39 is 5.97 Å². The summed E-state index contributed by atoms with van der Waals surface area (Å²) in [6.45, 7) is 10.5. The molecular formula is C43H47N3O3. The molecule has 3 atom stereocenters. The number of aromatic nitrogens is 2.